The molecular formula is C13H20Cl2IN3S. The zero-order chi connectivity index (χ0) is 14.3. The molecule has 0 radical (unpaired) electrons. The van der Waals surface area contributed by atoms with Gasteiger partial charge in [0.05, 0.1) is 6.04 Å². The van der Waals surface area contributed by atoms with Crippen LogP contribution in [0.2, 0.25) is 10.0 Å². The zero-order valence-electron chi connectivity index (χ0n) is 11.5. The van der Waals surface area contributed by atoms with Crippen molar-refractivity contribution in [3.05, 3.63) is 33.8 Å². The van der Waals surface area contributed by atoms with E-state index in [0.29, 0.717) is 16.0 Å². The average Bonchev–Trinajstić information content (AvgIpc) is 2.34. The highest BCUT2D eigenvalue weighted by Gasteiger charge is 2.10. The van der Waals surface area contributed by atoms with Crippen LogP contribution < -0.4 is 11.1 Å². The Morgan fingerprint density at radius 2 is 2.15 bits per heavy atom. The van der Waals surface area contributed by atoms with Crippen LogP contribution in [0.5, 0.6) is 0 Å². The number of nitrogens with one attached hydrogen (secondary N) is 1. The van der Waals surface area contributed by atoms with Gasteiger partial charge in [0.1, 0.15) is 0 Å². The fourth-order valence-corrected chi connectivity index (χ4v) is 2.60. The number of benzene rings is 1. The van der Waals surface area contributed by atoms with Gasteiger partial charge in [0.15, 0.2) is 5.96 Å². The minimum atomic E-state index is -0.00549. The number of aliphatic imine (C=N–C) groups is 1. The summed E-state index contributed by atoms with van der Waals surface area (Å²) in [6.07, 6.45) is 3.11. The summed E-state index contributed by atoms with van der Waals surface area (Å²) in [5.41, 5.74) is 6.79. The first-order chi connectivity index (χ1) is 9.04. The molecule has 1 aromatic rings. The van der Waals surface area contributed by atoms with E-state index in [9.17, 15) is 0 Å². The lowest BCUT2D eigenvalue weighted by molar-refractivity contribution is 0.707. The summed E-state index contributed by atoms with van der Waals surface area (Å²) in [7, 11) is 0. The highest BCUT2D eigenvalue weighted by atomic mass is 127. The summed E-state index contributed by atoms with van der Waals surface area (Å²) in [5, 5.41) is 4.38. The molecule has 114 valence electrons. The number of guanidine groups is 1. The molecular weight excluding hydrogens is 428 g/mol. The molecule has 0 aliphatic heterocycles. The van der Waals surface area contributed by atoms with Crippen LogP contribution in [0.25, 0.3) is 0 Å². The van der Waals surface area contributed by atoms with Crippen LogP contribution >= 0.6 is 58.9 Å². The van der Waals surface area contributed by atoms with Crippen molar-refractivity contribution in [1.29, 1.82) is 0 Å². The molecule has 7 heteroatoms. The second-order valence-electron chi connectivity index (χ2n) is 4.15. The molecule has 0 bridgehead atoms. The molecule has 1 atom stereocenters. The van der Waals surface area contributed by atoms with E-state index in [-0.39, 0.29) is 30.0 Å². The Morgan fingerprint density at radius 3 is 2.75 bits per heavy atom. The van der Waals surface area contributed by atoms with Crippen LogP contribution in [0.3, 0.4) is 0 Å². The van der Waals surface area contributed by atoms with Gasteiger partial charge in [-0.3, -0.25) is 4.99 Å². The van der Waals surface area contributed by atoms with Crippen molar-refractivity contribution in [3.8, 4) is 0 Å². The molecule has 1 rings (SSSR count). The van der Waals surface area contributed by atoms with E-state index in [4.69, 9.17) is 28.9 Å². The van der Waals surface area contributed by atoms with Crippen LogP contribution in [0.15, 0.2) is 23.2 Å². The molecule has 3 N–H and O–H groups in total. The maximum Gasteiger partial charge on any atom is 0.189 e. The van der Waals surface area contributed by atoms with E-state index in [1.165, 1.54) is 0 Å². The van der Waals surface area contributed by atoms with Crippen LogP contribution in [0.1, 0.15) is 24.9 Å². The third-order valence-corrected chi connectivity index (χ3v) is 3.84. The molecule has 0 aromatic heterocycles. The minimum Gasteiger partial charge on any atom is -0.370 e. The standard InChI is InChI=1S/C13H19Cl2N3S.HI/c1-9(11-5-4-10(14)8-12(11)15)18-13(16)17-6-3-7-19-2;/h4-5,8-9H,3,6-7H2,1-2H3,(H3,16,17,18);1H. The molecule has 1 unspecified atom stereocenters. The van der Waals surface area contributed by atoms with Crippen molar-refractivity contribution in [1.82, 2.24) is 5.32 Å². The summed E-state index contributed by atoms with van der Waals surface area (Å²) in [5.74, 6) is 1.54. The summed E-state index contributed by atoms with van der Waals surface area (Å²) in [4.78, 5) is 4.28. The van der Waals surface area contributed by atoms with Crippen molar-refractivity contribution in [3.63, 3.8) is 0 Å². The normalized spacial score (nSPS) is 12.7. The van der Waals surface area contributed by atoms with Crippen molar-refractivity contribution in [2.75, 3.05) is 18.6 Å². The van der Waals surface area contributed by atoms with Gasteiger partial charge in [-0.2, -0.15) is 11.8 Å². The van der Waals surface area contributed by atoms with Crippen molar-refractivity contribution in [2.24, 2.45) is 10.7 Å². The van der Waals surface area contributed by atoms with Crippen molar-refractivity contribution >= 4 is 64.9 Å². The minimum absolute atomic E-state index is 0. The van der Waals surface area contributed by atoms with Gasteiger partial charge in [-0.05, 0) is 43.0 Å². The van der Waals surface area contributed by atoms with Gasteiger partial charge in [0.25, 0.3) is 0 Å². The number of hydrogen-bond acceptors (Lipinski definition) is 2. The average molecular weight is 448 g/mol. The van der Waals surface area contributed by atoms with Gasteiger partial charge >= 0.3 is 0 Å². The largest absolute Gasteiger partial charge is 0.370 e. The lowest BCUT2D eigenvalue weighted by Crippen LogP contribution is -2.34. The second-order valence-corrected chi connectivity index (χ2v) is 5.97. The fraction of sp³-hybridized carbons (Fsp3) is 0.462. The van der Waals surface area contributed by atoms with E-state index >= 15 is 0 Å². The molecule has 1 aromatic carbocycles. The van der Waals surface area contributed by atoms with Crippen molar-refractivity contribution in [2.45, 2.75) is 19.4 Å². The number of thioether (sulfide) groups is 1. The third-order valence-electron chi connectivity index (χ3n) is 2.58. The van der Waals surface area contributed by atoms with Gasteiger partial charge in [-0.25, -0.2) is 0 Å². The number of halogens is 3. The lowest BCUT2D eigenvalue weighted by atomic mass is 10.1. The topological polar surface area (TPSA) is 50.4 Å². The van der Waals surface area contributed by atoms with Gasteiger partial charge in [0.2, 0.25) is 0 Å². The molecule has 0 fully saturated rings. The predicted octanol–water partition coefficient (Wildman–Crippen LogP) is 4.33. The molecule has 0 saturated heterocycles. The van der Waals surface area contributed by atoms with Gasteiger partial charge in [0, 0.05) is 16.6 Å². The Hall–Kier alpha value is 0.150. The first-order valence-electron chi connectivity index (χ1n) is 6.05. The van der Waals surface area contributed by atoms with E-state index < -0.39 is 0 Å². The monoisotopic (exact) mass is 447 g/mol. The maximum absolute atomic E-state index is 6.15. The summed E-state index contributed by atoms with van der Waals surface area (Å²) in [6.45, 7) is 2.72. The maximum atomic E-state index is 6.15. The second kappa shape index (κ2) is 10.8. The molecule has 0 spiro atoms. The number of rotatable bonds is 6. The number of nitrogens with two attached hydrogens (primary N) is 1. The highest BCUT2D eigenvalue weighted by molar-refractivity contribution is 14.0. The third kappa shape index (κ3) is 7.24. The Morgan fingerprint density at radius 1 is 1.45 bits per heavy atom. The number of nitrogens with zero attached hydrogens (tertiary/aromatic N) is 1. The zero-order valence-corrected chi connectivity index (χ0v) is 16.2. The quantitative estimate of drug-likeness (QED) is 0.295. The molecule has 0 amide bonds. The molecule has 0 heterocycles. The molecule has 3 nitrogen and oxygen atoms in total. The summed E-state index contributed by atoms with van der Waals surface area (Å²) < 4.78 is 0. The molecule has 20 heavy (non-hydrogen) atoms. The Kier molecular flexibility index (Phi) is 10.9. The predicted molar refractivity (Wildman–Crippen MR) is 103 cm³/mol. The van der Waals surface area contributed by atoms with Crippen molar-refractivity contribution < 1.29 is 0 Å². The van der Waals surface area contributed by atoms with Crippen LogP contribution in [0.4, 0.5) is 0 Å². The van der Waals surface area contributed by atoms with Crippen LogP contribution in [0, 0.1) is 0 Å². The highest BCUT2D eigenvalue weighted by Crippen LogP contribution is 2.25. The van der Waals surface area contributed by atoms with Gasteiger partial charge in [-0.1, -0.05) is 29.3 Å². The van der Waals surface area contributed by atoms with E-state index in [1.807, 2.05) is 19.1 Å². The van der Waals surface area contributed by atoms with Crippen LogP contribution in [-0.2, 0) is 0 Å². The van der Waals surface area contributed by atoms with E-state index in [1.54, 1.807) is 17.8 Å². The smallest absolute Gasteiger partial charge is 0.189 e. The first-order valence-corrected chi connectivity index (χ1v) is 8.20. The van der Waals surface area contributed by atoms with Crippen LogP contribution in [-0.4, -0.2) is 24.5 Å². The fourth-order valence-electron chi connectivity index (χ4n) is 1.61. The molecule has 0 aliphatic rings. The number of hydrogen-bond donors (Lipinski definition) is 2. The van der Waals surface area contributed by atoms with E-state index in [2.05, 4.69) is 16.6 Å². The summed E-state index contributed by atoms with van der Waals surface area (Å²) in [6, 6.07) is 5.42. The van der Waals surface area contributed by atoms with E-state index in [0.717, 1.165) is 24.3 Å². The Labute approximate surface area is 152 Å². The Balaban J connectivity index is 0.00000361. The Bertz CT molecular complexity index is 444. The van der Waals surface area contributed by atoms with Gasteiger partial charge < -0.3 is 11.1 Å². The SMILES string of the molecule is CSCCCN=C(N)NC(C)c1ccc(Cl)cc1Cl.I. The first kappa shape index (κ1) is 20.1. The molecule has 0 aliphatic carbocycles. The van der Waals surface area contributed by atoms with Gasteiger partial charge in [-0.15, -0.1) is 24.0 Å². The molecule has 0 saturated carbocycles. The summed E-state index contributed by atoms with van der Waals surface area (Å²) >= 11 is 13.8. The lowest BCUT2D eigenvalue weighted by Gasteiger charge is -2.16.